The van der Waals surface area contributed by atoms with E-state index in [1.54, 1.807) is 0 Å². The van der Waals surface area contributed by atoms with Gasteiger partial charge < -0.3 is 14.9 Å². The van der Waals surface area contributed by atoms with Crippen LogP contribution in [0.5, 0.6) is 0 Å². The molecular weight excluding hydrogens is 200 g/mol. The third-order valence-electron chi connectivity index (χ3n) is 3.11. The minimum atomic E-state index is 0.339. The molecule has 0 atom stereocenters. The van der Waals surface area contributed by atoms with Crippen molar-refractivity contribution in [1.29, 1.82) is 0 Å². The zero-order valence-corrected chi connectivity index (χ0v) is 11.4. The van der Waals surface area contributed by atoms with Gasteiger partial charge in [-0.2, -0.15) is 0 Å². The van der Waals surface area contributed by atoms with Crippen molar-refractivity contribution >= 4 is 0 Å². The Bertz CT molecular complexity index is 138. The molecule has 0 radical (unpaired) electrons. The molecule has 0 saturated carbocycles. The molecule has 0 aromatic carbocycles. The van der Waals surface area contributed by atoms with E-state index in [2.05, 4.69) is 30.7 Å². The van der Waals surface area contributed by atoms with E-state index in [1.165, 1.54) is 25.9 Å². The van der Waals surface area contributed by atoms with Gasteiger partial charge in [-0.1, -0.05) is 13.8 Å². The van der Waals surface area contributed by atoms with E-state index in [0.29, 0.717) is 6.61 Å². The highest BCUT2D eigenvalue weighted by Crippen LogP contribution is 1.98. The summed E-state index contributed by atoms with van der Waals surface area (Å²) < 4.78 is 0. The molecule has 0 unspecified atom stereocenters. The second kappa shape index (κ2) is 11.4. The monoisotopic (exact) mass is 230 g/mol. The van der Waals surface area contributed by atoms with Gasteiger partial charge in [-0.15, -0.1) is 0 Å². The minimum Gasteiger partial charge on any atom is -0.396 e. The lowest BCUT2D eigenvalue weighted by atomic mass is 10.2. The molecular formula is C13H30N2O. The molecule has 0 fully saturated rings. The van der Waals surface area contributed by atoms with Crippen LogP contribution in [0.25, 0.3) is 0 Å². The lowest BCUT2D eigenvalue weighted by Gasteiger charge is -2.21. The molecule has 0 rings (SSSR count). The van der Waals surface area contributed by atoms with Gasteiger partial charge in [0.05, 0.1) is 0 Å². The molecule has 0 aliphatic heterocycles. The van der Waals surface area contributed by atoms with Gasteiger partial charge in [0.1, 0.15) is 0 Å². The van der Waals surface area contributed by atoms with Crippen molar-refractivity contribution in [3.05, 3.63) is 0 Å². The van der Waals surface area contributed by atoms with E-state index in [4.69, 9.17) is 5.11 Å². The highest BCUT2D eigenvalue weighted by molar-refractivity contribution is 4.57. The number of hydrogen-bond acceptors (Lipinski definition) is 3. The largest absolute Gasteiger partial charge is 0.396 e. The Hall–Kier alpha value is -0.120. The molecule has 16 heavy (non-hydrogen) atoms. The molecule has 0 aromatic heterocycles. The van der Waals surface area contributed by atoms with Crippen molar-refractivity contribution in [2.45, 2.75) is 39.5 Å². The predicted octanol–water partition coefficient (Wildman–Crippen LogP) is 1.81. The van der Waals surface area contributed by atoms with E-state index in [1.807, 2.05) is 0 Å². The maximum Gasteiger partial charge on any atom is 0.0431 e. The predicted molar refractivity (Wildman–Crippen MR) is 70.8 cm³/mol. The number of hydrogen-bond donors (Lipinski definition) is 1. The molecule has 0 bridgehead atoms. The molecule has 0 aliphatic rings. The zero-order valence-electron chi connectivity index (χ0n) is 11.4. The number of nitrogens with zero attached hydrogens (tertiary/aromatic N) is 2. The second-order valence-corrected chi connectivity index (χ2v) is 4.47. The van der Waals surface area contributed by atoms with Crippen LogP contribution in [-0.2, 0) is 0 Å². The smallest absolute Gasteiger partial charge is 0.0431 e. The molecule has 3 nitrogen and oxygen atoms in total. The summed E-state index contributed by atoms with van der Waals surface area (Å²) in [6, 6.07) is 0. The lowest BCUT2D eigenvalue weighted by molar-refractivity contribution is 0.253. The van der Waals surface area contributed by atoms with Crippen LogP contribution >= 0.6 is 0 Å². The molecule has 0 saturated heterocycles. The summed E-state index contributed by atoms with van der Waals surface area (Å²) in [7, 11) is 2.20. The zero-order chi connectivity index (χ0) is 12.2. The topological polar surface area (TPSA) is 26.7 Å². The molecule has 98 valence electrons. The van der Waals surface area contributed by atoms with E-state index < -0.39 is 0 Å². The van der Waals surface area contributed by atoms with Crippen LogP contribution in [0.15, 0.2) is 0 Å². The summed E-state index contributed by atoms with van der Waals surface area (Å²) in [5.41, 5.74) is 0. The third kappa shape index (κ3) is 9.13. The number of unbranched alkanes of at least 4 members (excludes halogenated alkanes) is 2. The summed E-state index contributed by atoms with van der Waals surface area (Å²) in [6.07, 6.45) is 4.57. The molecule has 1 N–H and O–H groups in total. The van der Waals surface area contributed by atoms with Crippen LogP contribution in [0, 0.1) is 0 Å². The molecule has 0 aromatic rings. The summed E-state index contributed by atoms with van der Waals surface area (Å²) in [5, 5.41) is 8.67. The fourth-order valence-electron chi connectivity index (χ4n) is 1.89. The molecule has 3 heteroatoms. The van der Waals surface area contributed by atoms with Crippen LogP contribution in [0.1, 0.15) is 39.5 Å². The van der Waals surface area contributed by atoms with Crippen LogP contribution < -0.4 is 0 Å². The van der Waals surface area contributed by atoms with E-state index >= 15 is 0 Å². The van der Waals surface area contributed by atoms with Crippen LogP contribution in [-0.4, -0.2) is 61.3 Å². The Morgan fingerprint density at radius 3 is 2.00 bits per heavy atom. The van der Waals surface area contributed by atoms with Crippen LogP contribution in [0.3, 0.4) is 0 Å². The van der Waals surface area contributed by atoms with Gasteiger partial charge >= 0.3 is 0 Å². The normalized spacial score (nSPS) is 11.6. The summed E-state index contributed by atoms with van der Waals surface area (Å²) in [4.78, 5) is 4.88. The van der Waals surface area contributed by atoms with E-state index in [-0.39, 0.29) is 0 Å². The first-order valence-corrected chi connectivity index (χ1v) is 6.76. The van der Waals surface area contributed by atoms with Crippen molar-refractivity contribution in [1.82, 2.24) is 9.80 Å². The van der Waals surface area contributed by atoms with Gasteiger partial charge in [-0.25, -0.2) is 0 Å². The maximum absolute atomic E-state index is 8.67. The Labute approximate surface area is 101 Å². The van der Waals surface area contributed by atoms with Crippen molar-refractivity contribution in [2.24, 2.45) is 0 Å². The summed E-state index contributed by atoms with van der Waals surface area (Å²) >= 11 is 0. The third-order valence-corrected chi connectivity index (χ3v) is 3.11. The van der Waals surface area contributed by atoms with Gasteiger partial charge in [0.2, 0.25) is 0 Å². The summed E-state index contributed by atoms with van der Waals surface area (Å²) in [5.74, 6) is 0. The van der Waals surface area contributed by atoms with Crippen molar-refractivity contribution in [3.63, 3.8) is 0 Å². The molecule has 0 heterocycles. The first-order chi connectivity index (χ1) is 7.74. The number of aliphatic hydroxyl groups is 1. The Morgan fingerprint density at radius 1 is 0.812 bits per heavy atom. The molecule has 0 aliphatic carbocycles. The average Bonchev–Trinajstić information content (AvgIpc) is 2.30. The molecule has 0 amide bonds. The first-order valence-electron chi connectivity index (χ1n) is 6.76. The van der Waals surface area contributed by atoms with E-state index in [0.717, 1.165) is 32.5 Å². The second-order valence-electron chi connectivity index (χ2n) is 4.47. The van der Waals surface area contributed by atoms with Gasteiger partial charge in [-0.3, -0.25) is 0 Å². The van der Waals surface area contributed by atoms with Crippen molar-refractivity contribution in [3.8, 4) is 0 Å². The fourth-order valence-corrected chi connectivity index (χ4v) is 1.89. The molecule has 0 spiro atoms. The lowest BCUT2D eigenvalue weighted by Crippen LogP contribution is -2.28. The summed E-state index contributed by atoms with van der Waals surface area (Å²) in [6.45, 7) is 10.7. The van der Waals surface area contributed by atoms with Gasteiger partial charge in [0, 0.05) is 6.61 Å². The highest BCUT2D eigenvalue weighted by atomic mass is 16.2. The SMILES string of the molecule is CCN(CC)CCCN(C)CCCCCO. The highest BCUT2D eigenvalue weighted by Gasteiger charge is 2.01. The van der Waals surface area contributed by atoms with Gasteiger partial charge in [-0.05, 0) is 65.5 Å². The average molecular weight is 230 g/mol. The number of rotatable bonds is 11. The number of aliphatic hydroxyl groups excluding tert-OH is 1. The van der Waals surface area contributed by atoms with Crippen LogP contribution in [0.2, 0.25) is 0 Å². The van der Waals surface area contributed by atoms with Crippen molar-refractivity contribution < 1.29 is 5.11 Å². The van der Waals surface area contributed by atoms with Gasteiger partial charge in [0.25, 0.3) is 0 Å². The Balaban J connectivity index is 3.32. The standard InChI is InChI=1S/C13H30N2O/c1-4-15(5-2)12-9-11-14(3)10-7-6-8-13-16/h16H,4-13H2,1-3H3. The Morgan fingerprint density at radius 2 is 1.44 bits per heavy atom. The van der Waals surface area contributed by atoms with Crippen LogP contribution in [0.4, 0.5) is 0 Å². The fraction of sp³-hybridized carbons (Fsp3) is 1.00. The minimum absolute atomic E-state index is 0.339. The quantitative estimate of drug-likeness (QED) is 0.548. The first kappa shape index (κ1) is 15.9. The maximum atomic E-state index is 8.67. The van der Waals surface area contributed by atoms with Gasteiger partial charge in [0.15, 0.2) is 0 Å². The van der Waals surface area contributed by atoms with Crippen molar-refractivity contribution in [2.75, 3.05) is 46.4 Å². The Kier molecular flexibility index (Phi) is 11.3. The van der Waals surface area contributed by atoms with E-state index in [9.17, 15) is 0 Å².